The first-order valence-corrected chi connectivity index (χ1v) is 5.74. The topological polar surface area (TPSA) is 40.5 Å². The van der Waals surface area contributed by atoms with Gasteiger partial charge in [-0.25, -0.2) is 0 Å². The summed E-state index contributed by atoms with van der Waals surface area (Å²) >= 11 is 9.24. The molecule has 0 saturated carbocycles. The predicted molar refractivity (Wildman–Crippen MR) is 62.4 cm³/mol. The van der Waals surface area contributed by atoms with Gasteiger partial charge in [0.15, 0.2) is 0 Å². The van der Waals surface area contributed by atoms with Gasteiger partial charge in [-0.2, -0.15) is 0 Å². The molecule has 1 aliphatic heterocycles. The highest BCUT2D eigenvalue weighted by Crippen LogP contribution is 2.33. The fourth-order valence-electron chi connectivity index (χ4n) is 1.60. The lowest BCUT2D eigenvalue weighted by Gasteiger charge is -2.17. The van der Waals surface area contributed by atoms with Gasteiger partial charge in [-0.05, 0) is 28.1 Å². The Kier molecular flexibility index (Phi) is 2.89. The monoisotopic (exact) mass is 289 g/mol. The molecule has 3 nitrogen and oxygen atoms in total. The minimum absolute atomic E-state index is 0.0127. The molecule has 1 aliphatic rings. The third-order valence-electron chi connectivity index (χ3n) is 2.30. The van der Waals surface area contributed by atoms with Crippen LogP contribution in [0.4, 0.5) is 5.69 Å². The number of hydrogen-bond acceptors (Lipinski definition) is 2. The van der Waals surface area contributed by atoms with E-state index in [2.05, 4.69) is 15.9 Å². The summed E-state index contributed by atoms with van der Waals surface area (Å²) < 4.78 is 0.777. The van der Waals surface area contributed by atoms with Gasteiger partial charge in [0.25, 0.3) is 0 Å². The number of halogens is 2. The van der Waals surface area contributed by atoms with Crippen molar-refractivity contribution in [1.29, 1.82) is 0 Å². The quantitative estimate of drug-likeness (QED) is 0.807. The van der Waals surface area contributed by atoms with Crippen LogP contribution in [0.2, 0.25) is 0 Å². The Hall–Kier alpha value is -0.740. The van der Waals surface area contributed by atoms with Crippen molar-refractivity contribution in [3.05, 3.63) is 22.7 Å². The SMILES string of the molecule is O=C1CC(Cl)CN1c1cc(O)ccc1Br. The van der Waals surface area contributed by atoms with Crippen molar-refractivity contribution in [2.24, 2.45) is 0 Å². The fraction of sp³-hybridized carbons (Fsp3) is 0.300. The number of phenols is 1. The molecular weight excluding hydrogens is 281 g/mol. The lowest BCUT2D eigenvalue weighted by atomic mass is 10.3. The van der Waals surface area contributed by atoms with E-state index in [1.807, 2.05) is 0 Å². The molecule has 0 aliphatic carbocycles. The van der Waals surface area contributed by atoms with E-state index in [1.165, 1.54) is 0 Å². The maximum Gasteiger partial charge on any atom is 0.228 e. The van der Waals surface area contributed by atoms with E-state index in [0.717, 1.165) is 4.47 Å². The lowest BCUT2D eigenvalue weighted by molar-refractivity contribution is -0.117. The summed E-state index contributed by atoms with van der Waals surface area (Å²) in [4.78, 5) is 13.2. The second-order valence-electron chi connectivity index (χ2n) is 3.44. The Bertz CT molecular complexity index is 410. The van der Waals surface area contributed by atoms with Gasteiger partial charge in [0, 0.05) is 23.5 Å². The number of phenolic OH excluding ortho intramolecular Hbond substituents is 1. The van der Waals surface area contributed by atoms with Gasteiger partial charge in [0.2, 0.25) is 5.91 Å². The molecule has 2 rings (SSSR count). The van der Waals surface area contributed by atoms with E-state index in [0.29, 0.717) is 18.7 Å². The summed E-state index contributed by atoms with van der Waals surface area (Å²) in [7, 11) is 0. The summed E-state index contributed by atoms with van der Waals surface area (Å²) in [5.74, 6) is 0.125. The van der Waals surface area contributed by atoms with Crippen molar-refractivity contribution in [1.82, 2.24) is 0 Å². The molecule has 5 heteroatoms. The summed E-state index contributed by atoms with van der Waals surface area (Å²) in [5.41, 5.74) is 0.670. The van der Waals surface area contributed by atoms with Crippen LogP contribution in [0.3, 0.4) is 0 Å². The molecule has 0 aromatic heterocycles. The predicted octanol–water partition coefficient (Wildman–Crippen LogP) is 2.50. The van der Waals surface area contributed by atoms with E-state index in [9.17, 15) is 9.90 Å². The van der Waals surface area contributed by atoms with E-state index < -0.39 is 0 Å². The number of carbonyl (C=O) groups excluding carboxylic acids is 1. The molecule has 1 amide bonds. The minimum Gasteiger partial charge on any atom is -0.508 e. The van der Waals surface area contributed by atoms with Crippen LogP contribution in [-0.2, 0) is 4.79 Å². The maximum absolute atomic E-state index is 11.6. The molecule has 1 aromatic rings. The molecule has 15 heavy (non-hydrogen) atoms. The number of carbonyl (C=O) groups is 1. The summed E-state index contributed by atoms with van der Waals surface area (Å²) in [5, 5.41) is 9.21. The number of benzene rings is 1. The van der Waals surface area contributed by atoms with Gasteiger partial charge in [-0.1, -0.05) is 0 Å². The van der Waals surface area contributed by atoms with Crippen LogP contribution in [0.15, 0.2) is 22.7 Å². The Morgan fingerprint density at radius 2 is 2.27 bits per heavy atom. The van der Waals surface area contributed by atoms with E-state index in [1.54, 1.807) is 23.1 Å². The van der Waals surface area contributed by atoms with E-state index >= 15 is 0 Å². The summed E-state index contributed by atoms with van der Waals surface area (Å²) in [6, 6.07) is 4.82. The van der Waals surface area contributed by atoms with Gasteiger partial charge in [-0.3, -0.25) is 4.79 Å². The largest absolute Gasteiger partial charge is 0.508 e. The fourth-order valence-corrected chi connectivity index (χ4v) is 2.34. The molecule has 80 valence electrons. The number of anilines is 1. The first-order chi connectivity index (χ1) is 7.08. The molecular formula is C10H9BrClNO2. The lowest BCUT2D eigenvalue weighted by Crippen LogP contribution is -2.24. The van der Waals surface area contributed by atoms with Crippen LogP contribution in [0, 0.1) is 0 Å². The number of amides is 1. The molecule has 1 saturated heterocycles. The molecule has 1 heterocycles. The van der Waals surface area contributed by atoms with E-state index in [4.69, 9.17) is 11.6 Å². The normalized spacial score (nSPS) is 21.1. The van der Waals surface area contributed by atoms with Crippen molar-refractivity contribution < 1.29 is 9.90 Å². The summed E-state index contributed by atoms with van der Waals surface area (Å²) in [6.45, 7) is 0.489. The van der Waals surface area contributed by atoms with Gasteiger partial charge in [0.1, 0.15) is 5.75 Å². The van der Waals surface area contributed by atoms with Crippen molar-refractivity contribution in [3.8, 4) is 5.75 Å². The van der Waals surface area contributed by atoms with E-state index in [-0.39, 0.29) is 17.0 Å². The molecule has 0 spiro atoms. The van der Waals surface area contributed by atoms with Gasteiger partial charge in [-0.15, -0.1) is 11.6 Å². The third kappa shape index (κ3) is 2.11. The van der Waals surface area contributed by atoms with Gasteiger partial charge in [0.05, 0.1) is 11.1 Å². The molecule has 1 atom stereocenters. The average molecular weight is 291 g/mol. The Morgan fingerprint density at radius 1 is 1.53 bits per heavy atom. The number of aromatic hydroxyl groups is 1. The van der Waals surface area contributed by atoms with Crippen molar-refractivity contribution in [2.45, 2.75) is 11.8 Å². The zero-order valence-electron chi connectivity index (χ0n) is 7.78. The molecule has 0 radical (unpaired) electrons. The van der Waals surface area contributed by atoms with Crippen molar-refractivity contribution in [3.63, 3.8) is 0 Å². The first kappa shape index (κ1) is 10.8. The zero-order chi connectivity index (χ0) is 11.0. The van der Waals surface area contributed by atoms with Crippen molar-refractivity contribution in [2.75, 3.05) is 11.4 Å². The molecule has 1 unspecified atom stereocenters. The number of alkyl halides is 1. The summed E-state index contributed by atoms with van der Waals surface area (Å²) in [6.07, 6.45) is 0.351. The van der Waals surface area contributed by atoms with Crippen LogP contribution in [0.1, 0.15) is 6.42 Å². The number of hydrogen-bond donors (Lipinski definition) is 1. The zero-order valence-corrected chi connectivity index (χ0v) is 10.1. The highest BCUT2D eigenvalue weighted by Gasteiger charge is 2.30. The molecule has 0 bridgehead atoms. The Morgan fingerprint density at radius 3 is 2.87 bits per heavy atom. The third-order valence-corrected chi connectivity index (χ3v) is 3.26. The Labute approximate surface area is 101 Å². The average Bonchev–Trinajstić information content (AvgIpc) is 2.50. The number of rotatable bonds is 1. The van der Waals surface area contributed by atoms with Crippen LogP contribution < -0.4 is 4.90 Å². The van der Waals surface area contributed by atoms with Gasteiger partial charge >= 0.3 is 0 Å². The second kappa shape index (κ2) is 4.02. The second-order valence-corrected chi connectivity index (χ2v) is 4.91. The molecule has 1 aromatic carbocycles. The molecule has 1 N–H and O–H groups in total. The molecule has 1 fully saturated rings. The Balaban J connectivity index is 2.37. The standard InChI is InChI=1S/C10H9BrClNO2/c11-8-2-1-7(14)4-9(8)13-5-6(12)3-10(13)15/h1-2,4,6,14H,3,5H2. The minimum atomic E-state index is -0.147. The van der Waals surface area contributed by atoms with Crippen LogP contribution >= 0.6 is 27.5 Å². The van der Waals surface area contributed by atoms with Crippen LogP contribution in [-0.4, -0.2) is 22.9 Å². The van der Waals surface area contributed by atoms with Crippen LogP contribution in [0.5, 0.6) is 5.75 Å². The first-order valence-electron chi connectivity index (χ1n) is 4.51. The van der Waals surface area contributed by atoms with Crippen LogP contribution in [0.25, 0.3) is 0 Å². The highest BCUT2D eigenvalue weighted by atomic mass is 79.9. The highest BCUT2D eigenvalue weighted by molar-refractivity contribution is 9.10. The number of nitrogens with zero attached hydrogens (tertiary/aromatic N) is 1. The smallest absolute Gasteiger partial charge is 0.228 e. The van der Waals surface area contributed by atoms with Crippen molar-refractivity contribution >= 4 is 39.1 Å². The maximum atomic E-state index is 11.6. The van der Waals surface area contributed by atoms with Gasteiger partial charge < -0.3 is 10.0 Å².